The maximum absolute atomic E-state index is 14.0. The van der Waals surface area contributed by atoms with Crippen LogP contribution in [0.1, 0.15) is 54.1 Å². The number of carbonyl (C=O) groups excluding carboxylic acids is 3. The van der Waals surface area contributed by atoms with Gasteiger partial charge in [-0.1, -0.05) is 30.3 Å². The van der Waals surface area contributed by atoms with Crippen molar-refractivity contribution in [1.82, 2.24) is 9.80 Å². The molecule has 6 nitrogen and oxygen atoms in total. The van der Waals surface area contributed by atoms with Gasteiger partial charge >= 0.3 is 5.97 Å². The van der Waals surface area contributed by atoms with Crippen LogP contribution in [0.25, 0.3) is 0 Å². The molecule has 34 heavy (non-hydrogen) atoms. The van der Waals surface area contributed by atoms with Gasteiger partial charge in [-0.2, -0.15) is 0 Å². The van der Waals surface area contributed by atoms with Crippen molar-refractivity contribution < 1.29 is 27.9 Å². The molecule has 2 aliphatic heterocycles. The summed E-state index contributed by atoms with van der Waals surface area (Å²) in [6, 6.07) is 11.9. The van der Waals surface area contributed by atoms with Gasteiger partial charge in [0.05, 0.1) is 11.5 Å². The first-order valence-electron chi connectivity index (χ1n) is 11.7. The van der Waals surface area contributed by atoms with E-state index in [1.165, 1.54) is 4.90 Å². The average molecular weight is 471 g/mol. The molecule has 1 unspecified atom stereocenters. The van der Waals surface area contributed by atoms with Crippen molar-refractivity contribution in [1.29, 1.82) is 0 Å². The van der Waals surface area contributed by atoms with Crippen LogP contribution in [0.2, 0.25) is 0 Å². The molecule has 0 N–H and O–H groups in total. The molecule has 2 aromatic carbocycles. The second-order valence-electron chi connectivity index (χ2n) is 8.80. The maximum atomic E-state index is 14.0. The molecule has 2 saturated heterocycles. The summed E-state index contributed by atoms with van der Waals surface area (Å²) in [7, 11) is 0. The first-order chi connectivity index (χ1) is 16.4. The number of benzene rings is 2. The fraction of sp³-hybridized carbons (Fsp3) is 0.423. The van der Waals surface area contributed by atoms with Gasteiger partial charge in [0.25, 0.3) is 11.8 Å². The fourth-order valence-electron chi connectivity index (χ4n) is 4.53. The van der Waals surface area contributed by atoms with Crippen LogP contribution in [0.3, 0.4) is 0 Å². The summed E-state index contributed by atoms with van der Waals surface area (Å²) in [6.07, 6.45) is 2.63. The third kappa shape index (κ3) is 5.43. The molecule has 0 radical (unpaired) electrons. The molecule has 2 fully saturated rings. The zero-order valence-corrected chi connectivity index (χ0v) is 18.9. The Hall–Kier alpha value is -3.29. The minimum absolute atomic E-state index is 0.196. The van der Waals surface area contributed by atoms with E-state index in [0.29, 0.717) is 37.6 Å². The number of esters is 1. The van der Waals surface area contributed by atoms with E-state index in [0.717, 1.165) is 31.4 Å². The molecule has 0 saturated carbocycles. The predicted molar refractivity (Wildman–Crippen MR) is 121 cm³/mol. The minimum Gasteiger partial charge on any atom is -0.447 e. The molecule has 0 aromatic heterocycles. The Kier molecular flexibility index (Phi) is 7.55. The Balaban J connectivity index is 1.40. The Morgan fingerprint density at radius 3 is 2.18 bits per heavy atom. The van der Waals surface area contributed by atoms with E-state index in [2.05, 4.69) is 0 Å². The number of amides is 2. The zero-order chi connectivity index (χ0) is 24.1. The van der Waals surface area contributed by atoms with E-state index in [1.807, 2.05) is 6.07 Å². The van der Waals surface area contributed by atoms with Gasteiger partial charge in [-0.15, -0.1) is 0 Å². The van der Waals surface area contributed by atoms with Gasteiger partial charge in [0.15, 0.2) is 0 Å². The highest BCUT2D eigenvalue weighted by Crippen LogP contribution is 2.27. The summed E-state index contributed by atoms with van der Waals surface area (Å²) >= 11 is 0. The Labute approximate surface area is 197 Å². The Morgan fingerprint density at radius 1 is 0.853 bits per heavy atom. The van der Waals surface area contributed by atoms with Crippen molar-refractivity contribution in [3.8, 4) is 0 Å². The van der Waals surface area contributed by atoms with Gasteiger partial charge in [-0.05, 0) is 44.2 Å². The van der Waals surface area contributed by atoms with E-state index < -0.39 is 35.5 Å². The van der Waals surface area contributed by atoms with Crippen molar-refractivity contribution in [2.24, 2.45) is 5.92 Å². The van der Waals surface area contributed by atoms with Gasteiger partial charge in [0.1, 0.15) is 11.6 Å². The topological polar surface area (TPSA) is 66.9 Å². The summed E-state index contributed by atoms with van der Waals surface area (Å²) in [4.78, 5) is 42.1. The highest BCUT2D eigenvalue weighted by atomic mass is 19.1. The molecule has 0 spiro atoms. The highest BCUT2D eigenvalue weighted by molar-refractivity contribution is 5.94. The second-order valence-corrected chi connectivity index (χ2v) is 8.80. The normalized spacial score (nSPS) is 17.8. The van der Waals surface area contributed by atoms with Crippen LogP contribution in [0.5, 0.6) is 0 Å². The van der Waals surface area contributed by atoms with Gasteiger partial charge in [0, 0.05) is 37.8 Å². The van der Waals surface area contributed by atoms with Crippen LogP contribution < -0.4 is 0 Å². The Morgan fingerprint density at radius 2 is 1.53 bits per heavy atom. The second kappa shape index (κ2) is 10.8. The van der Waals surface area contributed by atoms with Gasteiger partial charge in [-0.3, -0.25) is 14.4 Å². The van der Waals surface area contributed by atoms with Crippen LogP contribution in [0.15, 0.2) is 48.5 Å². The number of hydrogen-bond acceptors (Lipinski definition) is 4. The number of ether oxygens (including phenoxy) is 1. The fourth-order valence-corrected chi connectivity index (χ4v) is 4.53. The predicted octanol–water partition coefficient (Wildman–Crippen LogP) is 4.11. The minimum atomic E-state index is -1.00. The molecule has 2 amide bonds. The standard InChI is InChI=1S/C26H28F2N2O4/c27-20-9-10-21(22(28)17-20)24(31)30-15-11-19(12-16-30)26(33)34-23(18-7-3-1-4-8-18)25(32)29-13-5-2-6-14-29/h1,3-4,7-10,17,19,23H,2,5-6,11-16H2. The smallest absolute Gasteiger partial charge is 0.310 e. The number of nitrogens with zero attached hydrogens (tertiary/aromatic N) is 2. The van der Waals surface area contributed by atoms with Crippen molar-refractivity contribution in [3.05, 3.63) is 71.3 Å². The Bertz CT molecular complexity index is 1030. The van der Waals surface area contributed by atoms with Crippen molar-refractivity contribution in [2.45, 2.75) is 38.2 Å². The van der Waals surface area contributed by atoms with Crippen LogP contribution in [-0.4, -0.2) is 53.8 Å². The number of likely N-dealkylation sites (tertiary alicyclic amines) is 2. The molecule has 2 aliphatic rings. The molecule has 1 atom stereocenters. The number of hydrogen-bond donors (Lipinski definition) is 0. The number of carbonyl (C=O) groups is 3. The maximum Gasteiger partial charge on any atom is 0.310 e. The largest absolute Gasteiger partial charge is 0.447 e. The lowest BCUT2D eigenvalue weighted by molar-refractivity contribution is -0.165. The van der Waals surface area contributed by atoms with E-state index in [-0.39, 0.29) is 24.6 Å². The van der Waals surface area contributed by atoms with E-state index in [9.17, 15) is 23.2 Å². The summed E-state index contributed by atoms with van der Waals surface area (Å²) in [5.41, 5.74) is 0.435. The quantitative estimate of drug-likeness (QED) is 0.617. The summed E-state index contributed by atoms with van der Waals surface area (Å²) in [5.74, 6) is -3.34. The summed E-state index contributed by atoms with van der Waals surface area (Å²) < 4.78 is 32.9. The molecule has 2 aromatic rings. The summed E-state index contributed by atoms with van der Waals surface area (Å²) in [5, 5.41) is 0. The zero-order valence-electron chi connectivity index (χ0n) is 18.9. The number of piperidine rings is 2. The van der Waals surface area contributed by atoms with Crippen LogP contribution in [0, 0.1) is 17.6 Å². The van der Waals surface area contributed by atoms with E-state index in [1.54, 1.807) is 29.2 Å². The van der Waals surface area contributed by atoms with Crippen LogP contribution in [0.4, 0.5) is 8.78 Å². The number of rotatable bonds is 5. The van der Waals surface area contributed by atoms with Gasteiger partial charge in [-0.25, -0.2) is 8.78 Å². The van der Waals surface area contributed by atoms with Crippen molar-refractivity contribution in [3.63, 3.8) is 0 Å². The third-order valence-corrected chi connectivity index (χ3v) is 6.51. The highest BCUT2D eigenvalue weighted by Gasteiger charge is 2.35. The molecular weight excluding hydrogens is 442 g/mol. The third-order valence-electron chi connectivity index (χ3n) is 6.51. The monoisotopic (exact) mass is 470 g/mol. The van der Waals surface area contributed by atoms with E-state index >= 15 is 0 Å². The van der Waals surface area contributed by atoms with Crippen LogP contribution in [-0.2, 0) is 14.3 Å². The lowest BCUT2D eigenvalue weighted by atomic mass is 9.96. The average Bonchev–Trinajstić information content (AvgIpc) is 2.87. The molecule has 0 bridgehead atoms. The first kappa shape index (κ1) is 23.9. The molecule has 2 heterocycles. The van der Waals surface area contributed by atoms with Crippen LogP contribution >= 0.6 is 0 Å². The molecule has 0 aliphatic carbocycles. The first-order valence-corrected chi connectivity index (χ1v) is 11.7. The molecule has 4 rings (SSSR count). The lowest BCUT2D eigenvalue weighted by Gasteiger charge is -2.33. The van der Waals surface area contributed by atoms with Gasteiger partial charge < -0.3 is 14.5 Å². The van der Waals surface area contributed by atoms with E-state index in [4.69, 9.17) is 4.74 Å². The number of halogens is 2. The lowest BCUT2D eigenvalue weighted by Crippen LogP contribution is -2.43. The van der Waals surface area contributed by atoms with Gasteiger partial charge in [0.2, 0.25) is 6.10 Å². The summed E-state index contributed by atoms with van der Waals surface area (Å²) in [6.45, 7) is 1.79. The van der Waals surface area contributed by atoms with Crippen molar-refractivity contribution >= 4 is 17.8 Å². The molecule has 8 heteroatoms. The molecular formula is C26H28F2N2O4. The van der Waals surface area contributed by atoms with Crippen molar-refractivity contribution in [2.75, 3.05) is 26.2 Å². The molecule has 180 valence electrons. The SMILES string of the molecule is O=C(OC(C(=O)N1CCCCC1)c1ccccc1)C1CCN(C(=O)c2ccc(F)cc2F)CC1.